The summed E-state index contributed by atoms with van der Waals surface area (Å²) in [5.74, 6) is 0.286. The lowest BCUT2D eigenvalue weighted by atomic mass is 9.85. The van der Waals surface area contributed by atoms with Crippen LogP contribution in [0.5, 0.6) is 11.5 Å². The zero-order valence-corrected chi connectivity index (χ0v) is 22.9. The van der Waals surface area contributed by atoms with Gasteiger partial charge in [-0.3, -0.25) is 9.59 Å². The van der Waals surface area contributed by atoms with Gasteiger partial charge in [-0.05, 0) is 53.3 Å². The van der Waals surface area contributed by atoms with E-state index in [-0.39, 0.29) is 30.8 Å². The Labute approximate surface area is 225 Å². The summed E-state index contributed by atoms with van der Waals surface area (Å²) >= 11 is 0. The summed E-state index contributed by atoms with van der Waals surface area (Å²) in [6.45, 7) is 9.08. The molecule has 0 fully saturated rings. The summed E-state index contributed by atoms with van der Waals surface area (Å²) in [6, 6.07) is 21.7. The van der Waals surface area contributed by atoms with Crippen molar-refractivity contribution in [2.75, 3.05) is 13.7 Å². The van der Waals surface area contributed by atoms with E-state index < -0.39 is 11.6 Å². The number of carbonyl (C=O) groups is 2. The van der Waals surface area contributed by atoms with Crippen LogP contribution >= 0.6 is 0 Å². The molecule has 6 heteroatoms. The zero-order chi connectivity index (χ0) is 27.5. The summed E-state index contributed by atoms with van der Waals surface area (Å²) in [4.78, 5) is 26.4. The minimum atomic E-state index is -0.948. The number of hydrogen-bond donors (Lipinski definition) is 1. The van der Waals surface area contributed by atoms with Crippen molar-refractivity contribution in [3.63, 3.8) is 0 Å². The number of rotatable bonds is 9. The number of amides is 1. The number of methoxy groups -OCH3 is 1. The number of carbonyl (C=O) groups excluding carboxylic acids is 1. The van der Waals surface area contributed by atoms with E-state index in [2.05, 4.69) is 52.0 Å². The van der Waals surface area contributed by atoms with Gasteiger partial charge in [0, 0.05) is 37.1 Å². The van der Waals surface area contributed by atoms with Gasteiger partial charge in [0.05, 0.1) is 13.5 Å². The van der Waals surface area contributed by atoms with E-state index in [9.17, 15) is 14.7 Å². The summed E-state index contributed by atoms with van der Waals surface area (Å²) in [5.41, 5.74) is 4.53. The van der Waals surface area contributed by atoms with Crippen LogP contribution in [0.2, 0.25) is 0 Å². The third-order valence-corrected chi connectivity index (χ3v) is 7.06. The van der Waals surface area contributed by atoms with Gasteiger partial charge < -0.3 is 19.5 Å². The van der Waals surface area contributed by atoms with Gasteiger partial charge in [0.1, 0.15) is 17.1 Å². The molecule has 1 atom stereocenters. The summed E-state index contributed by atoms with van der Waals surface area (Å²) < 4.78 is 11.8. The van der Waals surface area contributed by atoms with Crippen LogP contribution in [0.4, 0.5) is 0 Å². The average Bonchev–Trinajstić information content (AvgIpc) is 3.20. The van der Waals surface area contributed by atoms with Gasteiger partial charge >= 0.3 is 5.97 Å². The maximum atomic E-state index is 13.6. The zero-order valence-electron chi connectivity index (χ0n) is 22.9. The van der Waals surface area contributed by atoms with Crippen LogP contribution < -0.4 is 9.47 Å². The first-order valence-electron chi connectivity index (χ1n) is 13.0. The van der Waals surface area contributed by atoms with Crippen LogP contribution in [0.3, 0.4) is 0 Å². The molecule has 1 amide bonds. The SMILES string of the molecule is COc1ccccc1CN(CCC(=O)O)C(=O)c1ccc2c(c1)CC(C)(Cc1ccc(C(C)(C)C)cc1)O2. The topological polar surface area (TPSA) is 76.1 Å². The van der Waals surface area contributed by atoms with Crippen molar-refractivity contribution in [1.82, 2.24) is 4.90 Å². The Morgan fingerprint density at radius 3 is 2.42 bits per heavy atom. The third-order valence-electron chi connectivity index (χ3n) is 7.06. The lowest BCUT2D eigenvalue weighted by Gasteiger charge is -2.25. The van der Waals surface area contributed by atoms with E-state index in [1.54, 1.807) is 18.1 Å². The molecule has 0 saturated heterocycles. The summed E-state index contributed by atoms with van der Waals surface area (Å²) in [5, 5.41) is 9.26. The second kappa shape index (κ2) is 10.9. The van der Waals surface area contributed by atoms with Gasteiger partial charge in [0.15, 0.2) is 0 Å². The minimum Gasteiger partial charge on any atom is -0.496 e. The fourth-order valence-electron chi connectivity index (χ4n) is 5.01. The van der Waals surface area contributed by atoms with Crippen LogP contribution in [0, 0.1) is 0 Å². The monoisotopic (exact) mass is 515 g/mol. The molecule has 0 aromatic heterocycles. The van der Waals surface area contributed by atoms with Gasteiger partial charge in [-0.15, -0.1) is 0 Å². The Balaban J connectivity index is 1.51. The number of carboxylic acids is 1. The Morgan fingerprint density at radius 2 is 1.76 bits per heavy atom. The highest BCUT2D eigenvalue weighted by Gasteiger charge is 2.35. The van der Waals surface area contributed by atoms with Crippen molar-refractivity contribution in [2.24, 2.45) is 0 Å². The van der Waals surface area contributed by atoms with Gasteiger partial charge in [0.2, 0.25) is 0 Å². The van der Waals surface area contributed by atoms with Crippen molar-refractivity contribution in [3.05, 3.63) is 94.5 Å². The highest BCUT2D eigenvalue weighted by atomic mass is 16.5. The lowest BCUT2D eigenvalue weighted by molar-refractivity contribution is -0.137. The molecule has 1 aliphatic rings. The Kier molecular flexibility index (Phi) is 7.81. The smallest absolute Gasteiger partial charge is 0.305 e. The molecule has 0 aliphatic carbocycles. The molecule has 3 aromatic rings. The van der Waals surface area contributed by atoms with E-state index >= 15 is 0 Å². The number of fused-ring (bicyclic) bond motifs is 1. The Morgan fingerprint density at radius 1 is 1.05 bits per heavy atom. The van der Waals surface area contributed by atoms with Crippen molar-refractivity contribution >= 4 is 11.9 Å². The van der Waals surface area contributed by atoms with Crippen LogP contribution in [0.15, 0.2) is 66.7 Å². The fourth-order valence-corrected chi connectivity index (χ4v) is 5.01. The molecule has 0 spiro atoms. The largest absolute Gasteiger partial charge is 0.496 e. The standard InChI is InChI=1S/C32H37NO5/c1-31(2,3)26-13-10-22(11-14-26)19-32(4)20-25-18-23(12-15-28(25)38-32)30(36)33(17-16-29(34)35)21-24-8-6-7-9-27(24)37-5/h6-15,18H,16-17,19-21H2,1-5H3,(H,34,35). The van der Waals surface area contributed by atoms with Crippen molar-refractivity contribution < 1.29 is 24.2 Å². The number of nitrogens with zero attached hydrogens (tertiary/aromatic N) is 1. The third kappa shape index (κ3) is 6.36. The van der Waals surface area contributed by atoms with Gasteiger partial charge in [-0.1, -0.05) is 63.2 Å². The molecule has 1 unspecified atom stereocenters. The molecule has 1 aliphatic heterocycles. The first-order chi connectivity index (χ1) is 18.0. The van der Waals surface area contributed by atoms with E-state index in [1.807, 2.05) is 36.4 Å². The summed E-state index contributed by atoms with van der Waals surface area (Å²) in [6.07, 6.45) is 1.31. The second-order valence-electron chi connectivity index (χ2n) is 11.4. The number of aliphatic carboxylic acids is 1. The number of carboxylic acid groups (broad SMARTS) is 1. The lowest BCUT2D eigenvalue weighted by Crippen LogP contribution is -2.33. The Bertz CT molecular complexity index is 1310. The van der Waals surface area contributed by atoms with E-state index in [0.29, 0.717) is 17.7 Å². The van der Waals surface area contributed by atoms with Crippen LogP contribution in [-0.2, 0) is 29.6 Å². The molecule has 4 rings (SSSR count). The number of para-hydroxylation sites is 1. The van der Waals surface area contributed by atoms with E-state index in [1.165, 1.54) is 11.1 Å². The van der Waals surface area contributed by atoms with Crippen LogP contribution in [0.1, 0.15) is 66.7 Å². The molecule has 1 heterocycles. The normalized spacial score (nSPS) is 16.4. The molecule has 1 N–H and O–H groups in total. The molecular weight excluding hydrogens is 478 g/mol. The molecule has 38 heavy (non-hydrogen) atoms. The predicted octanol–water partition coefficient (Wildman–Crippen LogP) is 6.05. The fraction of sp³-hybridized carbons (Fsp3) is 0.375. The first-order valence-corrected chi connectivity index (χ1v) is 13.0. The maximum absolute atomic E-state index is 13.6. The maximum Gasteiger partial charge on any atom is 0.305 e. The molecule has 6 nitrogen and oxygen atoms in total. The number of hydrogen-bond acceptors (Lipinski definition) is 4. The van der Waals surface area contributed by atoms with E-state index in [0.717, 1.165) is 23.3 Å². The molecule has 0 radical (unpaired) electrons. The molecule has 0 bridgehead atoms. The van der Waals surface area contributed by atoms with Crippen molar-refractivity contribution in [3.8, 4) is 11.5 Å². The van der Waals surface area contributed by atoms with Crippen LogP contribution in [-0.4, -0.2) is 41.1 Å². The second-order valence-corrected chi connectivity index (χ2v) is 11.4. The molecule has 0 saturated carbocycles. The summed E-state index contributed by atoms with van der Waals surface area (Å²) in [7, 11) is 1.58. The molecular formula is C32H37NO5. The highest BCUT2D eigenvalue weighted by molar-refractivity contribution is 5.95. The number of ether oxygens (including phenoxy) is 2. The van der Waals surface area contributed by atoms with Gasteiger partial charge in [0.25, 0.3) is 5.91 Å². The minimum absolute atomic E-state index is 0.0993. The van der Waals surface area contributed by atoms with Crippen molar-refractivity contribution in [1.29, 1.82) is 0 Å². The van der Waals surface area contributed by atoms with Crippen molar-refractivity contribution in [2.45, 2.75) is 64.5 Å². The molecule has 200 valence electrons. The van der Waals surface area contributed by atoms with Gasteiger partial charge in [-0.25, -0.2) is 0 Å². The average molecular weight is 516 g/mol. The highest BCUT2D eigenvalue weighted by Crippen LogP contribution is 2.38. The Hall–Kier alpha value is -3.80. The predicted molar refractivity (Wildman–Crippen MR) is 148 cm³/mol. The van der Waals surface area contributed by atoms with Gasteiger partial charge in [-0.2, -0.15) is 0 Å². The van der Waals surface area contributed by atoms with Crippen LogP contribution in [0.25, 0.3) is 0 Å². The van der Waals surface area contributed by atoms with E-state index in [4.69, 9.17) is 9.47 Å². The quantitative estimate of drug-likeness (QED) is 0.376. The first kappa shape index (κ1) is 27.2. The number of benzene rings is 3. The molecule has 3 aromatic carbocycles.